The van der Waals surface area contributed by atoms with Gasteiger partial charge in [0.25, 0.3) is 0 Å². The van der Waals surface area contributed by atoms with Crippen molar-refractivity contribution >= 4 is 21.8 Å². The molecule has 8 heteroatoms. The number of amides is 1. The fourth-order valence-corrected chi connectivity index (χ4v) is 4.25. The zero-order valence-electron chi connectivity index (χ0n) is 12.5. The summed E-state index contributed by atoms with van der Waals surface area (Å²) in [6.07, 6.45) is 1.10. The lowest BCUT2D eigenvalue weighted by Gasteiger charge is -2.40. The number of nitrogens with one attached hydrogen (secondary N) is 3. The van der Waals surface area contributed by atoms with Crippen molar-refractivity contribution in [3.05, 3.63) is 0 Å². The van der Waals surface area contributed by atoms with E-state index < -0.39 is 0 Å². The van der Waals surface area contributed by atoms with E-state index in [-0.39, 0.29) is 30.1 Å². The quantitative estimate of drug-likeness (QED) is 0.543. The second kappa shape index (κ2) is 6.47. The number of piperidine rings is 1. The third kappa shape index (κ3) is 3.11. The smallest absolute Gasteiger partial charge is 0.239 e. The van der Waals surface area contributed by atoms with E-state index in [4.69, 9.17) is 4.74 Å². The van der Waals surface area contributed by atoms with Crippen LogP contribution in [-0.2, 0) is 9.53 Å². The maximum atomic E-state index is 12.5. The summed E-state index contributed by atoms with van der Waals surface area (Å²) in [7, 11) is 3.72. The van der Waals surface area contributed by atoms with Crippen LogP contribution in [-0.4, -0.2) is 85.3 Å². The molecule has 3 saturated heterocycles. The Labute approximate surface area is 133 Å². The number of rotatable bonds is 3. The molecule has 0 aliphatic carbocycles. The molecule has 5 atom stereocenters. The lowest BCUT2D eigenvalue weighted by Crippen LogP contribution is -2.59. The van der Waals surface area contributed by atoms with E-state index in [2.05, 4.69) is 37.0 Å². The Balaban J connectivity index is 1.64. The predicted molar refractivity (Wildman–Crippen MR) is 83.0 cm³/mol. The number of likely N-dealkylation sites (N-methyl/N-ethyl adjacent to an activating group) is 1. The van der Waals surface area contributed by atoms with Crippen molar-refractivity contribution in [3.8, 4) is 0 Å². The molecule has 3 heterocycles. The summed E-state index contributed by atoms with van der Waals surface area (Å²) in [5.41, 5.74) is 3.39. The third-order valence-electron chi connectivity index (χ3n) is 4.71. The Morgan fingerprint density at radius 2 is 2.24 bits per heavy atom. The molecule has 3 aliphatic heterocycles. The minimum Gasteiger partial charge on any atom is -0.380 e. The zero-order chi connectivity index (χ0) is 15.0. The Bertz CT molecular complexity index is 399. The largest absolute Gasteiger partial charge is 0.380 e. The van der Waals surface area contributed by atoms with Crippen LogP contribution < -0.4 is 16.1 Å². The Hall–Kier alpha value is -0.250. The molecule has 0 bridgehead atoms. The number of ether oxygens (including phenoxy) is 1. The molecule has 0 spiro atoms. The molecule has 5 unspecified atom stereocenters. The standard InChI is InChI=1S/C13H24BrN5O2/c1-18-7-15-5-10(18)13(20)17-9-4-16-19-6-8(14)3-11(21-2)12(9)19/h8-12,15-16H,3-7H2,1-2H3,(H,17,20). The Kier molecular flexibility index (Phi) is 4.82. The van der Waals surface area contributed by atoms with E-state index in [0.717, 1.165) is 26.2 Å². The summed E-state index contributed by atoms with van der Waals surface area (Å²) in [6, 6.07) is 0.219. The van der Waals surface area contributed by atoms with Gasteiger partial charge in [0.1, 0.15) is 6.04 Å². The number of hydrazine groups is 1. The van der Waals surface area contributed by atoms with Crippen LogP contribution >= 0.6 is 15.9 Å². The first kappa shape index (κ1) is 15.6. The van der Waals surface area contributed by atoms with Crippen LogP contribution in [0.2, 0.25) is 0 Å². The molecule has 0 aromatic carbocycles. The van der Waals surface area contributed by atoms with Crippen molar-refractivity contribution in [1.29, 1.82) is 0 Å². The van der Waals surface area contributed by atoms with Crippen LogP contribution in [0.15, 0.2) is 0 Å². The highest BCUT2D eigenvalue weighted by Gasteiger charge is 2.45. The number of alkyl halides is 1. The fraction of sp³-hybridized carbons (Fsp3) is 0.923. The molecule has 7 nitrogen and oxygen atoms in total. The summed E-state index contributed by atoms with van der Waals surface area (Å²) >= 11 is 3.67. The minimum atomic E-state index is -0.0763. The van der Waals surface area contributed by atoms with Gasteiger partial charge in [-0.15, -0.1) is 0 Å². The van der Waals surface area contributed by atoms with Gasteiger partial charge in [-0.1, -0.05) is 15.9 Å². The highest BCUT2D eigenvalue weighted by atomic mass is 79.9. The van der Waals surface area contributed by atoms with Crippen molar-refractivity contribution in [1.82, 2.24) is 26.0 Å². The lowest BCUT2D eigenvalue weighted by molar-refractivity contribution is -0.126. The number of halogens is 1. The number of nitrogens with zero attached hydrogens (tertiary/aromatic N) is 2. The normalized spacial score (nSPS) is 41.2. The van der Waals surface area contributed by atoms with Gasteiger partial charge in [0.2, 0.25) is 5.91 Å². The van der Waals surface area contributed by atoms with E-state index in [1.54, 1.807) is 7.11 Å². The summed E-state index contributed by atoms with van der Waals surface area (Å²) in [6.45, 7) is 3.18. The van der Waals surface area contributed by atoms with Gasteiger partial charge in [0.15, 0.2) is 0 Å². The Morgan fingerprint density at radius 1 is 1.43 bits per heavy atom. The minimum absolute atomic E-state index is 0.0763. The van der Waals surface area contributed by atoms with Gasteiger partial charge in [-0.3, -0.25) is 15.1 Å². The van der Waals surface area contributed by atoms with Crippen molar-refractivity contribution in [2.24, 2.45) is 0 Å². The van der Waals surface area contributed by atoms with Gasteiger partial charge < -0.3 is 15.4 Å². The molecule has 3 N–H and O–H groups in total. The molecule has 0 aromatic rings. The molecular weight excluding hydrogens is 338 g/mol. The van der Waals surface area contributed by atoms with Gasteiger partial charge in [0, 0.05) is 38.2 Å². The average Bonchev–Trinajstić information content (AvgIpc) is 3.04. The van der Waals surface area contributed by atoms with Crippen LogP contribution in [0.3, 0.4) is 0 Å². The van der Waals surface area contributed by atoms with Crippen LogP contribution in [0.5, 0.6) is 0 Å². The molecule has 1 amide bonds. The maximum absolute atomic E-state index is 12.5. The van der Waals surface area contributed by atoms with Crippen molar-refractivity contribution in [2.75, 3.05) is 40.5 Å². The maximum Gasteiger partial charge on any atom is 0.239 e. The topological polar surface area (TPSA) is 68.9 Å². The van der Waals surface area contributed by atoms with E-state index in [1.807, 2.05) is 11.9 Å². The third-order valence-corrected chi connectivity index (χ3v) is 5.38. The number of hydrogen-bond donors (Lipinski definition) is 3. The molecule has 0 aromatic heterocycles. The molecule has 3 rings (SSSR count). The second-order valence-corrected chi connectivity index (χ2v) is 7.41. The van der Waals surface area contributed by atoms with Gasteiger partial charge in [-0.05, 0) is 13.5 Å². The van der Waals surface area contributed by atoms with Crippen molar-refractivity contribution < 1.29 is 9.53 Å². The summed E-state index contributed by atoms with van der Waals surface area (Å²) in [4.78, 5) is 14.9. The summed E-state index contributed by atoms with van der Waals surface area (Å²) < 4.78 is 5.65. The number of carbonyl (C=O) groups is 1. The van der Waals surface area contributed by atoms with Crippen LogP contribution in [0, 0.1) is 0 Å². The van der Waals surface area contributed by atoms with Crippen molar-refractivity contribution in [2.45, 2.75) is 35.5 Å². The Morgan fingerprint density at radius 3 is 2.90 bits per heavy atom. The van der Waals surface area contributed by atoms with Gasteiger partial charge >= 0.3 is 0 Å². The number of hydrogen-bond acceptors (Lipinski definition) is 6. The first-order chi connectivity index (χ1) is 10.1. The van der Waals surface area contributed by atoms with E-state index in [0.29, 0.717) is 11.4 Å². The fourth-order valence-electron chi connectivity index (χ4n) is 3.57. The molecule has 0 radical (unpaired) electrons. The van der Waals surface area contributed by atoms with Crippen molar-refractivity contribution in [3.63, 3.8) is 0 Å². The van der Waals surface area contributed by atoms with E-state index >= 15 is 0 Å². The van der Waals surface area contributed by atoms with E-state index in [1.165, 1.54) is 0 Å². The highest BCUT2D eigenvalue weighted by molar-refractivity contribution is 9.09. The van der Waals surface area contributed by atoms with Crippen LogP contribution in [0.25, 0.3) is 0 Å². The molecular formula is C13H24BrN5O2. The zero-order valence-corrected chi connectivity index (χ0v) is 14.1. The SMILES string of the molecule is COC1CC(Br)CN2NCC(NC(=O)C3CNCN3C)C12. The summed E-state index contributed by atoms with van der Waals surface area (Å²) in [5, 5.41) is 8.63. The molecule has 3 aliphatic rings. The van der Waals surface area contributed by atoms with Gasteiger partial charge in [0.05, 0.1) is 18.2 Å². The number of carbonyl (C=O) groups excluding carboxylic acids is 1. The highest BCUT2D eigenvalue weighted by Crippen LogP contribution is 2.28. The predicted octanol–water partition coefficient (Wildman–Crippen LogP) is -1.30. The molecule has 0 saturated carbocycles. The number of fused-ring (bicyclic) bond motifs is 1. The van der Waals surface area contributed by atoms with Crippen LogP contribution in [0.4, 0.5) is 0 Å². The lowest BCUT2D eigenvalue weighted by atomic mass is 9.95. The first-order valence-electron chi connectivity index (χ1n) is 7.48. The molecule has 21 heavy (non-hydrogen) atoms. The monoisotopic (exact) mass is 361 g/mol. The van der Waals surface area contributed by atoms with Crippen LogP contribution in [0.1, 0.15) is 6.42 Å². The average molecular weight is 362 g/mol. The molecule has 3 fully saturated rings. The molecule has 120 valence electrons. The summed E-state index contributed by atoms with van der Waals surface area (Å²) in [5.74, 6) is 0.104. The van der Waals surface area contributed by atoms with Gasteiger partial charge in [-0.25, -0.2) is 5.01 Å². The van der Waals surface area contributed by atoms with Gasteiger partial charge in [-0.2, -0.15) is 0 Å². The number of methoxy groups -OCH3 is 1. The van der Waals surface area contributed by atoms with E-state index in [9.17, 15) is 4.79 Å². The first-order valence-corrected chi connectivity index (χ1v) is 8.40. The second-order valence-electron chi connectivity index (χ2n) is 6.11.